The van der Waals surface area contributed by atoms with E-state index in [2.05, 4.69) is 10.3 Å². The number of amides is 1. The summed E-state index contributed by atoms with van der Waals surface area (Å²) < 4.78 is 52.5. The van der Waals surface area contributed by atoms with Gasteiger partial charge >= 0.3 is 0 Å². The van der Waals surface area contributed by atoms with E-state index in [0.717, 1.165) is 38.6 Å². The van der Waals surface area contributed by atoms with Gasteiger partial charge in [-0.1, -0.05) is 6.07 Å². The highest BCUT2D eigenvalue weighted by molar-refractivity contribution is 7.90. The summed E-state index contributed by atoms with van der Waals surface area (Å²) in [5, 5.41) is 2.80. The third-order valence-electron chi connectivity index (χ3n) is 5.34. The van der Waals surface area contributed by atoms with E-state index in [1.54, 1.807) is 12.3 Å². The molecule has 1 amide bonds. The highest BCUT2D eigenvalue weighted by Crippen LogP contribution is 2.36. The Labute approximate surface area is 192 Å². The summed E-state index contributed by atoms with van der Waals surface area (Å²) in [7, 11) is -4.02. The number of hydrogen-bond donors (Lipinski definition) is 1. The fraction of sp³-hybridized carbons (Fsp3) is 0.0833. The quantitative estimate of drug-likeness (QED) is 0.408. The van der Waals surface area contributed by atoms with E-state index < -0.39 is 32.1 Å². The van der Waals surface area contributed by atoms with Crippen LogP contribution >= 0.6 is 11.3 Å². The van der Waals surface area contributed by atoms with E-state index in [-0.39, 0.29) is 5.91 Å². The zero-order valence-electron chi connectivity index (χ0n) is 17.0. The fourth-order valence-electron chi connectivity index (χ4n) is 3.76. The smallest absolute Gasteiger partial charge is 0.251 e. The van der Waals surface area contributed by atoms with Crippen LogP contribution in [0, 0.1) is 11.6 Å². The van der Waals surface area contributed by atoms with Crippen molar-refractivity contribution in [3.05, 3.63) is 95.3 Å². The topological polar surface area (TPSA) is 76.1 Å². The third kappa shape index (κ3) is 4.17. The summed E-state index contributed by atoms with van der Waals surface area (Å²) in [6.07, 6.45) is 3.05. The number of nitrogens with one attached hydrogen (secondary N) is 1. The number of carbonyl (C=O) groups excluding carboxylic acids is 1. The molecular formula is C24H16F2N2O3S2. The number of thiophene rings is 1. The molecule has 2 aromatic carbocycles. The van der Waals surface area contributed by atoms with Crippen LogP contribution in [-0.2, 0) is 22.1 Å². The van der Waals surface area contributed by atoms with Crippen molar-refractivity contribution in [1.82, 2.24) is 10.3 Å². The summed E-state index contributed by atoms with van der Waals surface area (Å²) in [4.78, 5) is 17.3. The van der Waals surface area contributed by atoms with Crippen LogP contribution in [0.5, 0.6) is 0 Å². The van der Waals surface area contributed by atoms with Crippen molar-refractivity contribution in [3.8, 4) is 20.9 Å². The number of aromatic nitrogens is 1. The minimum atomic E-state index is -4.02. The molecule has 5 rings (SSSR count). The number of hydrogen-bond acceptors (Lipinski definition) is 5. The number of benzene rings is 2. The average molecular weight is 483 g/mol. The lowest BCUT2D eigenvalue weighted by Crippen LogP contribution is -2.12. The molecular weight excluding hydrogens is 466 g/mol. The Bertz CT molecular complexity index is 1510. The minimum Gasteiger partial charge on any atom is -0.348 e. The molecule has 9 heteroatoms. The first-order valence-corrected chi connectivity index (χ1v) is 12.4. The normalized spacial score (nSPS) is 13.1. The molecule has 0 unspecified atom stereocenters. The molecule has 0 bridgehead atoms. The second-order valence-corrected chi connectivity index (χ2v) is 10.7. The van der Waals surface area contributed by atoms with Crippen LogP contribution in [0.1, 0.15) is 21.5 Å². The summed E-state index contributed by atoms with van der Waals surface area (Å²) in [6.45, 7) is 0.509. The Hall–Kier alpha value is -3.43. The first-order chi connectivity index (χ1) is 15.8. The van der Waals surface area contributed by atoms with Crippen LogP contribution in [0.4, 0.5) is 8.78 Å². The van der Waals surface area contributed by atoms with Gasteiger partial charge in [-0.2, -0.15) is 0 Å². The van der Waals surface area contributed by atoms with Gasteiger partial charge < -0.3 is 5.32 Å². The standard InChI is InChI=1S/C24H16F2N2O3S2/c25-18-2-6-23(20(26)9-18)33(30,31)13-14-7-17(11-27-10-14)22-5-4-21(32-22)15-1-3-19-16(8-15)12-28-24(19)29/h1-11H,12-13H2,(H,28,29). The van der Waals surface area contributed by atoms with Crippen LogP contribution < -0.4 is 5.32 Å². The molecule has 33 heavy (non-hydrogen) atoms. The highest BCUT2D eigenvalue weighted by Gasteiger charge is 2.22. The Kier molecular flexibility index (Phi) is 5.30. The Morgan fingerprint density at radius 1 is 0.939 bits per heavy atom. The number of nitrogens with zero attached hydrogens (tertiary/aromatic N) is 1. The molecule has 0 saturated carbocycles. The predicted octanol–water partition coefficient (Wildman–Crippen LogP) is 4.97. The molecule has 0 spiro atoms. The van der Waals surface area contributed by atoms with Gasteiger partial charge in [-0.15, -0.1) is 11.3 Å². The monoisotopic (exact) mass is 482 g/mol. The van der Waals surface area contributed by atoms with Gasteiger partial charge in [-0.3, -0.25) is 9.78 Å². The number of sulfone groups is 1. The molecule has 0 fully saturated rings. The molecule has 166 valence electrons. The van der Waals surface area contributed by atoms with Crippen LogP contribution in [0.2, 0.25) is 0 Å². The van der Waals surface area contributed by atoms with Crippen LogP contribution in [0.3, 0.4) is 0 Å². The SMILES string of the molecule is O=C1NCc2cc(-c3ccc(-c4cncc(CS(=O)(=O)c5ccc(F)cc5F)c4)s3)ccc21. The molecule has 1 aliphatic rings. The van der Waals surface area contributed by atoms with Gasteiger partial charge in [-0.25, -0.2) is 17.2 Å². The second-order valence-electron chi connectivity index (χ2n) is 7.63. The number of fused-ring (bicyclic) bond motifs is 1. The molecule has 1 N–H and O–H groups in total. The van der Waals surface area contributed by atoms with E-state index >= 15 is 0 Å². The summed E-state index contributed by atoms with van der Waals surface area (Å²) in [5.74, 6) is -2.48. The van der Waals surface area contributed by atoms with Crippen LogP contribution in [0.25, 0.3) is 20.9 Å². The zero-order valence-corrected chi connectivity index (χ0v) is 18.6. The van der Waals surface area contributed by atoms with Gasteiger partial charge in [-0.05, 0) is 59.2 Å². The highest BCUT2D eigenvalue weighted by atomic mass is 32.2. The van der Waals surface area contributed by atoms with E-state index in [1.807, 2.05) is 30.3 Å². The Morgan fingerprint density at radius 2 is 1.73 bits per heavy atom. The maximum absolute atomic E-state index is 14.0. The van der Waals surface area contributed by atoms with Crippen LogP contribution in [-0.4, -0.2) is 19.3 Å². The fourth-order valence-corrected chi connectivity index (χ4v) is 6.13. The minimum absolute atomic E-state index is 0.0678. The zero-order chi connectivity index (χ0) is 23.2. The first kappa shape index (κ1) is 21.4. The predicted molar refractivity (Wildman–Crippen MR) is 121 cm³/mol. The van der Waals surface area contributed by atoms with Gasteiger partial charge in [0.1, 0.15) is 16.5 Å². The van der Waals surface area contributed by atoms with Crippen molar-refractivity contribution in [2.75, 3.05) is 0 Å². The lowest BCUT2D eigenvalue weighted by Gasteiger charge is -2.07. The van der Waals surface area contributed by atoms with E-state index in [4.69, 9.17) is 0 Å². The lowest BCUT2D eigenvalue weighted by atomic mass is 10.1. The lowest BCUT2D eigenvalue weighted by molar-refractivity contribution is 0.0965. The maximum atomic E-state index is 14.0. The van der Waals surface area contributed by atoms with E-state index in [9.17, 15) is 22.0 Å². The number of pyridine rings is 1. The Morgan fingerprint density at radius 3 is 2.52 bits per heavy atom. The van der Waals surface area contributed by atoms with Crippen molar-refractivity contribution in [1.29, 1.82) is 0 Å². The van der Waals surface area contributed by atoms with E-state index in [1.165, 1.54) is 17.5 Å². The third-order valence-corrected chi connectivity index (χ3v) is 8.24. The van der Waals surface area contributed by atoms with Crippen molar-refractivity contribution in [3.63, 3.8) is 0 Å². The van der Waals surface area contributed by atoms with Crippen molar-refractivity contribution < 1.29 is 22.0 Å². The van der Waals surface area contributed by atoms with Crippen molar-refractivity contribution in [2.24, 2.45) is 0 Å². The largest absolute Gasteiger partial charge is 0.348 e. The first-order valence-electron chi connectivity index (χ1n) is 9.93. The molecule has 1 aliphatic heterocycles. The number of halogens is 2. The number of rotatable bonds is 5. The molecule has 3 heterocycles. The van der Waals surface area contributed by atoms with Crippen molar-refractivity contribution in [2.45, 2.75) is 17.2 Å². The summed E-state index contributed by atoms with van der Waals surface area (Å²) >= 11 is 1.52. The molecule has 0 radical (unpaired) electrons. The van der Waals surface area contributed by atoms with Gasteiger partial charge in [0.05, 0.1) is 5.75 Å². The van der Waals surface area contributed by atoms with Gasteiger partial charge in [0.15, 0.2) is 9.84 Å². The molecule has 4 aromatic rings. The van der Waals surface area contributed by atoms with Crippen LogP contribution in [0.15, 0.2) is 71.9 Å². The van der Waals surface area contributed by atoms with Crippen molar-refractivity contribution >= 4 is 27.1 Å². The van der Waals surface area contributed by atoms with E-state index in [0.29, 0.717) is 23.7 Å². The molecule has 0 aliphatic carbocycles. The van der Waals surface area contributed by atoms with Gasteiger partial charge in [0, 0.05) is 45.9 Å². The maximum Gasteiger partial charge on any atom is 0.251 e. The molecule has 5 nitrogen and oxygen atoms in total. The van der Waals surface area contributed by atoms with Gasteiger partial charge in [0.25, 0.3) is 5.91 Å². The molecule has 0 atom stereocenters. The average Bonchev–Trinajstić information content (AvgIpc) is 3.40. The summed E-state index contributed by atoms with van der Waals surface area (Å²) in [5.41, 5.74) is 3.75. The molecule has 2 aromatic heterocycles. The second kappa shape index (κ2) is 8.17. The van der Waals surface area contributed by atoms with Gasteiger partial charge in [0.2, 0.25) is 0 Å². The molecule has 0 saturated heterocycles. The Balaban J connectivity index is 1.41. The summed E-state index contributed by atoms with van der Waals surface area (Å²) in [6, 6.07) is 13.7. The number of carbonyl (C=O) groups is 1.